The van der Waals surface area contributed by atoms with Gasteiger partial charge in [0.05, 0.1) is 0 Å². The molecule has 28 heavy (non-hydrogen) atoms. The van der Waals surface area contributed by atoms with Gasteiger partial charge in [0.1, 0.15) is 0 Å². The first-order valence-corrected chi connectivity index (χ1v) is 12.0. The van der Waals surface area contributed by atoms with Crippen LogP contribution in [-0.2, 0) is 4.79 Å². The first kappa shape index (κ1) is 22.1. The molecule has 0 aromatic heterocycles. The number of carbonyl (C=O) groups excluding carboxylic acids is 1. The number of piperidine rings is 1. The van der Waals surface area contributed by atoms with Crippen LogP contribution < -0.4 is 0 Å². The summed E-state index contributed by atoms with van der Waals surface area (Å²) in [4.78, 5) is 17.4. The van der Waals surface area contributed by atoms with Gasteiger partial charge in [-0.2, -0.15) is 0 Å². The van der Waals surface area contributed by atoms with Gasteiger partial charge in [-0.25, -0.2) is 0 Å². The fourth-order valence-electron chi connectivity index (χ4n) is 5.79. The molecular weight excluding hydrogens is 344 g/mol. The third-order valence-corrected chi connectivity index (χ3v) is 7.97. The Morgan fingerprint density at radius 2 is 1.50 bits per heavy atom. The third-order valence-electron chi connectivity index (χ3n) is 7.97. The summed E-state index contributed by atoms with van der Waals surface area (Å²) in [5, 5.41) is 0. The highest BCUT2D eigenvalue weighted by Crippen LogP contribution is 2.44. The molecule has 0 bridgehead atoms. The van der Waals surface area contributed by atoms with Crippen LogP contribution in [0.5, 0.6) is 0 Å². The lowest BCUT2D eigenvalue weighted by Crippen LogP contribution is -2.61. The highest BCUT2D eigenvalue weighted by atomic mass is 16.2. The Kier molecular flexibility index (Phi) is 6.54. The van der Waals surface area contributed by atoms with Crippen LogP contribution >= 0.6 is 0 Å². The summed E-state index contributed by atoms with van der Waals surface area (Å²) >= 11 is 0. The van der Waals surface area contributed by atoms with Crippen molar-refractivity contribution in [3.8, 4) is 0 Å². The second-order valence-corrected chi connectivity index (χ2v) is 12.7. The molecule has 0 N–H and O–H groups in total. The summed E-state index contributed by atoms with van der Waals surface area (Å²) in [6.07, 6.45) is 9.89. The van der Waals surface area contributed by atoms with Crippen LogP contribution in [0.2, 0.25) is 0 Å². The van der Waals surface area contributed by atoms with E-state index in [1.165, 1.54) is 58.2 Å². The van der Waals surface area contributed by atoms with Gasteiger partial charge in [-0.05, 0) is 73.0 Å². The molecule has 2 heterocycles. The molecule has 2 aliphatic heterocycles. The fourth-order valence-corrected chi connectivity index (χ4v) is 5.79. The van der Waals surface area contributed by atoms with E-state index < -0.39 is 0 Å². The van der Waals surface area contributed by atoms with Gasteiger partial charge in [0, 0.05) is 39.1 Å². The predicted octanol–water partition coefficient (Wildman–Crippen LogP) is 5.59. The van der Waals surface area contributed by atoms with Gasteiger partial charge in [0.25, 0.3) is 0 Å². The van der Waals surface area contributed by atoms with E-state index in [1.54, 1.807) is 0 Å². The summed E-state index contributed by atoms with van der Waals surface area (Å²) in [6.45, 7) is 19.8. The first-order chi connectivity index (χ1) is 13.0. The van der Waals surface area contributed by atoms with E-state index >= 15 is 0 Å². The van der Waals surface area contributed by atoms with Crippen molar-refractivity contribution in [2.24, 2.45) is 28.1 Å². The molecule has 3 rings (SSSR count). The number of hydrogen-bond donors (Lipinski definition) is 0. The largest absolute Gasteiger partial charge is 0.343 e. The summed E-state index contributed by atoms with van der Waals surface area (Å²) in [6, 6.07) is 0. The molecular formula is C25H46N2O. The van der Waals surface area contributed by atoms with Crippen molar-refractivity contribution in [3.05, 3.63) is 0 Å². The Labute approximate surface area is 174 Å². The van der Waals surface area contributed by atoms with E-state index in [0.717, 1.165) is 37.8 Å². The van der Waals surface area contributed by atoms with Crippen molar-refractivity contribution in [1.29, 1.82) is 0 Å². The molecule has 1 saturated carbocycles. The van der Waals surface area contributed by atoms with Crippen LogP contribution in [0.25, 0.3) is 0 Å². The number of carbonyl (C=O) groups is 1. The van der Waals surface area contributed by atoms with Gasteiger partial charge in [-0.15, -0.1) is 0 Å². The van der Waals surface area contributed by atoms with Gasteiger partial charge in [0.15, 0.2) is 0 Å². The Balaban J connectivity index is 1.34. The third kappa shape index (κ3) is 5.74. The normalized spacial score (nSPS) is 29.0. The van der Waals surface area contributed by atoms with Crippen molar-refractivity contribution in [3.63, 3.8) is 0 Å². The number of likely N-dealkylation sites (tertiary alicyclic amines) is 2. The fraction of sp³-hybridized carbons (Fsp3) is 0.960. The van der Waals surface area contributed by atoms with Crippen molar-refractivity contribution < 1.29 is 4.79 Å². The Morgan fingerprint density at radius 3 is 2.00 bits per heavy atom. The van der Waals surface area contributed by atoms with Crippen molar-refractivity contribution in [2.75, 3.05) is 32.7 Å². The lowest BCUT2D eigenvalue weighted by molar-refractivity contribution is -0.137. The number of nitrogens with zero attached hydrogens (tertiary/aromatic N) is 2. The molecule has 0 atom stereocenters. The van der Waals surface area contributed by atoms with Crippen LogP contribution in [0, 0.1) is 28.1 Å². The van der Waals surface area contributed by atoms with Crippen LogP contribution in [0.4, 0.5) is 0 Å². The molecule has 3 aliphatic rings. The number of rotatable bonds is 4. The van der Waals surface area contributed by atoms with Crippen LogP contribution in [0.15, 0.2) is 0 Å². The Bertz CT molecular complexity index is 518. The maximum Gasteiger partial charge on any atom is 0.222 e. The quantitative estimate of drug-likeness (QED) is 0.625. The second kappa shape index (κ2) is 8.28. The standard InChI is InChI=1S/C25H46N2O/c1-23(2,3)12-11-22(28)27-15-13-25(14-16-27)18-26(19-25)17-20-7-9-21(10-8-20)24(4,5)6/h20-21H,7-19H2,1-6H3. The summed E-state index contributed by atoms with van der Waals surface area (Å²) in [5.41, 5.74) is 1.28. The van der Waals surface area contributed by atoms with E-state index in [1.807, 2.05) is 0 Å². The molecule has 0 unspecified atom stereocenters. The van der Waals surface area contributed by atoms with E-state index in [9.17, 15) is 4.79 Å². The molecule has 2 saturated heterocycles. The average Bonchev–Trinajstić information content (AvgIpc) is 2.58. The molecule has 1 aliphatic carbocycles. The van der Waals surface area contributed by atoms with Crippen molar-refractivity contribution in [2.45, 2.75) is 92.9 Å². The maximum absolute atomic E-state index is 12.5. The minimum absolute atomic E-state index is 0.257. The van der Waals surface area contributed by atoms with Gasteiger partial charge in [0.2, 0.25) is 5.91 Å². The average molecular weight is 391 g/mol. The summed E-state index contributed by atoms with van der Waals surface area (Å²) < 4.78 is 0. The smallest absolute Gasteiger partial charge is 0.222 e. The highest BCUT2D eigenvalue weighted by Gasteiger charge is 2.45. The van der Waals surface area contributed by atoms with E-state index in [2.05, 4.69) is 51.3 Å². The van der Waals surface area contributed by atoms with Crippen molar-refractivity contribution in [1.82, 2.24) is 9.80 Å². The van der Waals surface area contributed by atoms with Gasteiger partial charge < -0.3 is 9.80 Å². The van der Waals surface area contributed by atoms with Crippen molar-refractivity contribution >= 4 is 5.91 Å². The molecule has 3 heteroatoms. The van der Waals surface area contributed by atoms with Gasteiger partial charge in [-0.1, -0.05) is 41.5 Å². The first-order valence-electron chi connectivity index (χ1n) is 12.0. The SMILES string of the molecule is CC(C)(C)CCC(=O)N1CCC2(CC1)CN(CC1CCC(C(C)(C)C)CC1)C2. The molecule has 1 amide bonds. The van der Waals surface area contributed by atoms with Crippen LogP contribution in [0.1, 0.15) is 92.9 Å². The molecule has 0 radical (unpaired) electrons. The van der Waals surface area contributed by atoms with Crippen LogP contribution in [0.3, 0.4) is 0 Å². The Hall–Kier alpha value is -0.570. The van der Waals surface area contributed by atoms with E-state index in [-0.39, 0.29) is 5.41 Å². The lowest BCUT2D eigenvalue weighted by atomic mass is 9.68. The topological polar surface area (TPSA) is 23.6 Å². The van der Waals surface area contributed by atoms with Gasteiger partial charge in [-0.3, -0.25) is 4.79 Å². The lowest BCUT2D eigenvalue weighted by Gasteiger charge is -2.55. The molecule has 1 spiro atoms. The summed E-state index contributed by atoms with van der Waals surface area (Å²) in [7, 11) is 0. The number of amides is 1. The van der Waals surface area contributed by atoms with Crippen LogP contribution in [-0.4, -0.2) is 48.4 Å². The minimum atomic E-state index is 0.257. The monoisotopic (exact) mass is 390 g/mol. The molecule has 162 valence electrons. The maximum atomic E-state index is 12.5. The zero-order valence-corrected chi connectivity index (χ0v) is 19.6. The Morgan fingerprint density at radius 1 is 0.929 bits per heavy atom. The summed E-state index contributed by atoms with van der Waals surface area (Å²) in [5.74, 6) is 2.23. The zero-order valence-electron chi connectivity index (χ0n) is 19.6. The van der Waals surface area contributed by atoms with E-state index in [4.69, 9.17) is 0 Å². The van der Waals surface area contributed by atoms with E-state index in [0.29, 0.717) is 16.7 Å². The molecule has 3 fully saturated rings. The molecule has 0 aromatic rings. The predicted molar refractivity (Wildman–Crippen MR) is 118 cm³/mol. The zero-order chi connectivity index (χ0) is 20.6. The molecule has 0 aromatic carbocycles. The number of hydrogen-bond acceptors (Lipinski definition) is 2. The minimum Gasteiger partial charge on any atom is -0.343 e. The molecule has 3 nitrogen and oxygen atoms in total. The second-order valence-electron chi connectivity index (χ2n) is 12.7. The van der Waals surface area contributed by atoms with Gasteiger partial charge >= 0.3 is 0 Å². The highest BCUT2D eigenvalue weighted by molar-refractivity contribution is 5.76.